The summed E-state index contributed by atoms with van der Waals surface area (Å²) in [6.07, 6.45) is 7.13. The van der Waals surface area contributed by atoms with Crippen LogP contribution >= 0.6 is 12.4 Å². The average Bonchev–Trinajstić information content (AvgIpc) is 3.06. The monoisotopic (exact) mass is 286 g/mol. The van der Waals surface area contributed by atoms with Gasteiger partial charge in [0.2, 0.25) is 0 Å². The number of benzene rings is 1. The number of aromatic nitrogens is 3. The average molecular weight is 287 g/mol. The van der Waals surface area contributed by atoms with Gasteiger partial charge in [0.1, 0.15) is 17.8 Å². The maximum absolute atomic E-state index is 4.33. The fraction of sp³-hybridized carbons (Fsp3) is 0.200. The SMILES string of the molecule is Cl.c1nc(Nc2ccc3c(c2)CCC3)c2cc[nH]c2n1. The number of hydrogen-bond donors (Lipinski definition) is 2. The highest BCUT2D eigenvalue weighted by Gasteiger charge is 2.11. The molecule has 0 fully saturated rings. The summed E-state index contributed by atoms with van der Waals surface area (Å²) in [6.45, 7) is 0. The maximum atomic E-state index is 4.33. The second kappa shape index (κ2) is 5.13. The van der Waals surface area contributed by atoms with Crippen molar-refractivity contribution < 1.29 is 0 Å². The lowest BCUT2D eigenvalue weighted by molar-refractivity contribution is 0.912. The van der Waals surface area contributed by atoms with E-state index in [1.54, 1.807) is 6.33 Å². The number of nitrogens with zero attached hydrogens (tertiary/aromatic N) is 2. The van der Waals surface area contributed by atoms with Gasteiger partial charge in [-0.05, 0) is 48.6 Å². The molecule has 20 heavy (non-hydrogen) atoms. The number of rotatable bonds is 2. The third-order valence-electron chi connectivity index (χ3n) is 3.72. The first-order valence-electron chi connectivity index (χ1n) is 6.57. The van der Waals surface area contributed by atoms with E-state index in [1.807, 2.05) is 12.3 Å². The molecule has 4 rings (SSSR count). The molecule has 2 N–H and O–H groups in total. The second-order valence-corrected chi connectivity index (χ2v) is 4.92. The zero-order valence-electron chi connectivity index (χ0n) is 10.9. The number of halogens is 1. The highest BCUT2D eigenvalue weighted by molar-refractivity contribution is 5.88. The van der Waals surface area contributed by atoms with Crippen molar-refractivity contribution in [3.8, 4) is 0 Å². The number of hydrogen-bond acceptors (Lipinski definition) is 3. The van der Waals surface area contributed by atoms with Crippen molar-refractivity contribution in [3.63, 3.8) is 0 Å². The molecule has 3 aromatic rings. The molecule has 0 atom stereocenters. The minimum absolute atomic E-state index is 0. The van der Waals surface area contributed by atoms with Crippen molar-refractivity contribution in [1.82, 2.24) is 15.0 Å². The summed E-state index contributed by atoms with van der Waals surface area (Å²) in [5.41, 5.74) is 4.91. The number of aromatic amines is 1. The van der Waals surface area contributed by atoms with Crippen LogP contribution in [0.25, 0.3) is 11.0 Å². The fourth-order valence-corrected chi connectivity index (χ4v) is 2.76. The van der Waals surface area contributed by atoms with Crippen LogP contribution in [0.4, 0.5) is 11.5 Å². The summed E-state index contributed by atoms with van der Waals surface area (Å²) < 4.78 is 0. The third kappa shape index (κ3) is 2.12. The molecule has 0 amide bonds. The number of anilines is 2. The van der Waals surface area contributed by atoms with Crippen LogP contribution in [0.5, 0.6) is 0 Å². The van der Waals surface area contributed by atoms with E-state index >= 15 is 0 Å². The van der Waals surface area contributed by atoms with Gasteiger partial charge in [0.25, 0.3) is 0 Å². The molecule has 0 unspecified atom stereocenters. The van der Waals surface area contributed by atoms with E-state index in [0.29, 0.717) is 0 Å². The van der Waals surface area contributed by atoms with Gasteiger partial charge in [-0.3, -0.25) is 0 Å². The molecule has 2 heterocycles. The number of nitrogens with one attached hydrogen (secondary N) is 2. The standard InChI is InChI=1S/C15H14N4.ClH/c1-2-10-4-5-12(8-11(10)3-1)19-15-13-6-7-16-14(13)17-9-18-15;/h4-9H,1-3H2,(H2,16,17,18,19);1H. The molecule has 1 aliphatic rings. The molecular formula is C15H15ClN4. The van der Waals surface area contributed by atoms with E-state index < -0.39 is 0 Å². The normalized spacial score (nSPS) is 13.0. The van der Waals surface area contributed by atoms with Gasteiger partial charge < -0.3 is 10.3 Å². The molecular weight excluding hydrogens is 272 g/mol. The van der Waals surface area contributed by atoms with Crippen molar-refractivity contribution in [2.24, 2.45) is 0 Å². The Morgan fingerprint density at radius 3 is 2.90 bits per heavy atom. The van der Waals surface area contributed by atoms with Gasteiger partial charge >= 0.3 is 0 Å². The van der Waals surface area contributed by atoms with Gasteiger partial charge in [0, 0.05) is 11.9 Å². The first kappa shape index (κ1) is 12.9. The topological polar surface area (TPSA) is 53.6 Å². The van der Waals surface area contributed by atoms with E-state index in [2.05, 4.69) is 38.5 Å². The molecule has 1 aliphatic carbocycles. The van der Waals surface area contributed by atoms with E-state index in [-0.39, 0.29) is 12.4 Å². The third-order valence-corrected chi connectivity index (χ3v) is 3.72. The molecule has 0 bridgehead atoms. The van der Waals surface area contributed by atoms with Crippen LogP contribution in [0.15, 0.2) is 36.8 Å². The molecule has 1 aromatic carbocycles. The molecule has 0 spiro atoms. The molecule has 0 saturated carbocycles. The minimum Gasteiger partial charge on any atom is -0.346 e. The first-order chi connectivity index (χ1) is 9.40. The molecule has 4 nitrogen and oxygen atoms in total. The van der Waals surface area contributed by atoms with Crippen molar-refractivity contribution in [3.05, 3.63) is 47.9 Å². The second-order valence-electron chi connectivity index (χ2n) is 4.92. The molecule has 0 aliphatic heterocycles. The van der Waals surface area contributed by atoms with Gasteiger partial charge in [0.15, 0.2) is 0 Å². The Morgan fingerprint density at radius 1 is 1.05 bits per heavy atom. The van der Waals surface area contributed by atoms with Gasteiger partial charge in [-0.15, -0.1) is 12.4 Å². The van der Waals surface area contributed by atoms with E-state index in [4.69, 9.17) is 0 Å². The van der Waals surface area contributed by atoms with Gasteiger partial charge in [-0.25, -0.2) is 9.97 Å². The van der Waals surface area contributed by atoms with Crippen molar-refractivity contribution in [2.45, 2.75) is 19.3 Å². The highest BCUT2D eigenvalue weighted by Crippen LogP contribution is 2.27. The van der Waals surface area contributed by atoms with Crippen LogP contribution in [0.3, 0.4) is 0 Å². The largest absolute Gasteiger partial charge is 0.346 e. The lowest BCUT2D eigenvalue weighted by atomic mass is 10.1. The first-order valence-corrected chi connectivity index (χ1v) is 6.57. The van der Waals surface area contributed by atoms with Gasteiger partial charge in [0.05, 0.1) is 5.39 Å². The number of H-pyrrole nitrogens is 1. The predicted molar refractivity (Wildman–Crippen MR) is 82.9 cm³/mol. The summed E-state index contributed by atoms with van der Waals surface area (Å²) >= 11 is 0. The Kier molecular flexibility index (Phi) is 3.32. The zero-order chi connectivity index (χ0) is 12.7. The Hall–Kier alpha value is -2.07. The van der Waals surface area contributed by atoms with E-state index in [9.17, 15) is 0 Å². The van der Waals surface area contributed by atoms with Crippen LogP contribution < -0.4 is 5.32 Å². The van der Waals surface area contributed by atoms with Crippen LogP contribution in [-0.4, -0.2) is 15.0 Å². The van der Waals surface area contributed by atoms with Crippen LogP contribution in [0.1, 0.15) is 17.5 Å². The summed E-state index contributed by atoms with van der Waals surface area (Å²) in [5, 5.41) is 4.41. The lowest BCUT2D eigenvalue weighted by Crippen LogP contribution is -1.96. The van der Waals surface area contributed by atoms with Crippen LogP contribution in [-0.2, 0) is 12.8 Å². The fourth-order valence-electron chi connectivity index (χ4n) is 2.76. The number of aryl methyl sites for hydroxylation is 2. The van der Waals surface area contributed by atoms with Gasteiger partial charge in [-0.2, -0.15) is 0 Å². The summed E-state index contributed by atoms with van der Waals surface area (Å²) in [6, 6.07) is 8.58. The Labute approximate surface area is 123 Å². The molecule has 0 radical (unpaired) electrons. The molecule has 2 aromatic heterocycles. The van der Waals surface area contributed by atoms with Crippen molar-refractivity contribution in [2.75, 3.05) is 5.32 Å². The van der Waals surface area contributed by atoms with Gasteiger partial charge in [-0.1, -0.05) is 6.07 Å². The van der Waals surface area contributed by atoms with Crippen molar-refractivity contribution in [1.29, 1.82) is 0 Å². The van der Waals surface area contributed by atoms with Crippen molar-refractivity contribution >= 4 is 34.9 Å². The highest BCUT2D eigenvalue weighted by atomic mass is 35.5. The smallest absolute Gasteiger partial charge is 0.143 e. The Balaban J connectivity index is 0.00000121. The molecule has 102 valence electrons. The lowest BCUT2D eigenvalue weighted by Gasteiger charge is -2.08. The summed E-state index contributed by atoms with van der Waals surface area (Å²) in [5.74, 6) is 0.851. The Morgan fingerprint density at radius 2 is 1.95 bits per heavy atom. The molecule has 0 saturated heterocycles. The summed E-state index contributed by atoms with van der Waals surface area (Å²) in [4.78, 5) is 11.6. The number of fused-ring (bicyclic) bond motifs is 2. The minimum atomic E-state index is 0. The Bertz CT molecular complexity index is 750. The van der Waals surface area contributed by atoms with Crippen LogP contribution in [0.2, 0.25) is 0 Å². The van der Waals surface area contributed by atoms with E-state index in [1.165, 1.54) is 30.4 Å². The maximum Gasteiger partial charge on any atom is 0.143 e. The summed E-state index contributed by atoms with van der Waals surface area (Å²) in [7, 11) is 0. The molecule has 5 heteroatoms. The zero-order valence-corrected chi connectivity index (χ0v) is 11.7. The van der Waals surface area contributed by atoms with Crippen LogP contribution in [0, 0.1) is 0 Å². The predicted octanol–water partition coefficient (Wildman–Crippen LogP) is 3.61. The van der Waals surface area contributed by atoms with E-state index in [0.717, 1.165) is 22.5 Å². The quantitative estimate of drug-likeness (QED) is 0.756.